The van der Waals surface area contributed by atoms with E-state index in [0.29, 0.717) is 28.4 Å². The molecule has 1 aliphatic rings. The van der Waals surface area contributed by atoms with Crippen molar-refractivity contribution in [2.24, 2.45) is 11.8 Å². The van der Waals surface area contributed by atoms with Crippen LogP contribution in [0.3, 0.4) is 0 Å². The second-order valence-electron chi connectivity index (χ2n) is 6.12. The molecule has 0 spiro atoms. The number of likely N-dealkylation sites (tertiary alicyclic amines) is 1. The normalized spacial score (nSPS) is 22.1. The summed E-state index contributed by atoms with van der Waals surface area (Å²) in [5.41, 5.74) is 5.43. The molecule has 1 saturated heterocycles. The molecule has 0 aliphatic carbocycles. The van der Waals surface area contributed by atoms with Gasteiger partial charge in [-0.2, -0.15) is 0 Å². The molecule has 1 aromatic carbocycles. The minimum absolute atomic E-state index is 0.193. The summed E-state index contributed by atoms with van der Waals surface area (Å²) in [6.45, 7) is 6.57. The number of amides is 2. The molecule has 1 aliphatic heterocycles. The fourth-order valence-corrected chi connectivity index (χ4v) is 3.47. The summed E-state index contributed by atoms with van der Waals surface area (Å²) in [7, 11) is 0. The van der Waals surface area contributed by atoms with Gasteiger partial charge in [0, 0.05) is 17.6 Å². The van der Waals surface area contributed by atoms with Crippen LogP contribution in [0.15, 0.2) is 28.7 Å². The van der Waals surface area contributed by atoms with Crippen LogP contribution < -0.4 is 10.9 Å². The Hall–Kier alpha value is -1.40. The number of piperidine rings is 1. The molecule has 5 nitrogen and oxygen atoms in total. The number of benzene rings is 1. The van der Waals surface area contributed by atoms with Crippen molar-refractivity contribution in [3.63, 3.8) is 0 Å². The van der Waals surface area contributed by atoms with Crippen LogP contribution in [0, 0.1) is 11.8 Å². The summed E-state index contributed by atoms with van der Waals surface area (Å²) in [6.07, 6.45) is 1.21. The van der Waals surface area contributed by atoms with Crippen molar-refractivity contribution in [2.45, 2.75) is 20.3 Å². The summed E-state index contributed by atoms with van der Waals surface area (Å²) in [5, 5.41) is 0. The van der Waals surface area contributed by atoms with Gasteiger partial charge in [0.15, 0.2) is 0 Å². The largest absolute Gasteiger partial charge is 0.294 e. The maximum Gasteiger partial charge on any atom is 0.270 e. The van der Waals surface area contributed by atoms with E-state index in [1.165, 1.54) is 6.42 Å². The van der Waals surface area contributed by atoms with Gasteiger partial charge in [0.25, 0.3) is 11.8 Å². The van der Waals surface area contributed by atoms with Gasteiger partial charge in [-0.05, 0) is 46.3 Å². The highest BCUT2D eigenvalue weighted by Crippen LogP contribution is 2.20. The Labute approximate surface area is 139 Å². The molecule has 1 heterocycles. The van der Waals surface area contributed by atoms with Crippen molar-refractivity contribution >= 4 is 27.7 Å². The third-order valence-electron chi connectivity index (χ3n) is 3.75. The smallest absolute Gasteiger partial charge is 0.270 e. The average Bonchev–Trinajstić information content (AvgIpc) is 2.44. The fourth-order valence-electron chi connectivity index (χ4n) is 3.00. The summed E-state index contributed by atoms with van der Waals surface area (Å²) < 4.78 is 0.695. The first-order chi connectivity index (χ1) is 10.5. The Morgan fingerprint density at radius 1 is 1.18 bits per heavy atom. The van der Waals surface area contributed by atoms with Crippen LogP contribution in [0.1, 0.15) is 30.6 Å². The highest BCUT2D eigenvalue weighted by Gasteiger charge is 2.23. The van der Waals surface area contributed by atoms with Crippen LogP contribution in [0.4, 0.5) is 0 Å². The number of hydrogen-bond donors (Lipinski definition) is 2. The summed E-state index contributed by atoms with van der Waals surface area (Å²) in [4.78, 5) is 26.1. The van der Waals surface area contributed by atoms with Crippen molar-refractivity contribution in [3.8, 4) is 0 Å². The molecule has 120 valence electrons. The molecule has 6 heteroatoms. The number of nitrogens with zero attached hydrogens (tertiary/aromatic N) is 1. The molecule has 0 bridgehead atoms. The first-order valence-electron chi connectivity index (χ1n) is 7.51. The SMILES string of the molecule is C[C@H]1C[C@H](C)CN(CC(=O)NNC(=O)c2ccccc2Br)C1. The third kappa shape index (κ3) is 4.81. The summed E-state index contributed by atoms with van der Waals surface area (Å²) >= 11 is 3.31. The van der Waals surface area contributed by atoms with Gasteiger partial charge < -0.3 is 0 Å². The lowest BCUT2D eigenvalue weighted by molar-refractivity contribution is -0.123. The number of hydrazine groups is 1. The summed E-state index contributed by atoms with van der Waals surface area (Å²) in [6, 6.07) is 7.09. The van der Waals surface area contributed by atoms with Gasteiger partial charge >= 0.3 is 0 Å². The Bertz CT molecular complexity index is 540. The van der Waals surface area contributed by atoms with Gasteiger partial charge in [0.05, 0.1) is 12.1 Å². The molecular formula is C16H22BrN3O2. The van der Waals surface area contributed by atoms with E-state index in [9.17, 15) is 9.59 Å². The Kier molecular flexibility index (Phi) is 5.97. The Morgan fingerprint density at radius 3 is 2.45 bits per heavy atom. The second-order valence-corrected chi connectivity index (χ2v) is 6.98. The molecular weight excluding hydrogens is 346 g/mol. The predicted octanol–water partition coefficient (Wildman–Crippen LogP) is 2.19. The molecule has 2 rings (SSSR count). The molecule has 1 aromatic rings. The zero-order valence-electron chi connectivity index (χ0n) is 12.9. The zero-order valence-corrected chi connectivity index (χ0v) is 14.5. The van der Waals surface area contributed by atoms with Gasteiger partial charge in [-0.1, -0.05) is 26.0 Å². The van der Waals surface area contributed by atoms with Crippen molar-refractivity contribution in [1.29, 1.82) is 0 Å². The summed E-state index contributed by atoms with van der Waals surface area (Å²) in [5.74, 6) is 0.681. The second kappa shape index (κ2) is 7.74. The molecule has 2 N–H and O–H groups in total. The predicted molar refractivity (Wildman–Crippen MR) is 89.1 cm³/mol. The monoisotopic (exact) mass is 367 g/mol. The molecule has 22 heavy (non-hydrogen) atoms. The zero-order chi connectivity index (χ0) is 16.1. The van der Waals surface area contributed by atoms with Gasteiger partial charge in [-0.3, -0.25) is 25.3 Å². The number of hydrogen-bond acceptors (Lipinski definition) is 3. The van der Waals surface area contributed by atoms with E-state index in [4.69, 9.17) is 0 Å². The molecule has 0 radical (unpaired) electrons. The van der Waals surface area contributed by atoms with Gasteiger partial charge in [0.1, 0.15) is 0 Å². The molecule has 0 aromatic heterocycles. The van der Waals surface area contributed by atoms with Crippen molar-refractivity contribution in [1.82, 2.24) is 15.8 Å². The highest BCUT2D eigenvalue weighted by molar-refractivity contribution is 9.10. The molecule has 2 atom stereocenters. The van der Waals surface area contributed by atoms with Crippen LogP contribution in [0.2, 0.25) is 0 Å². The molecule has 1 fully saturated rings. The standard InChI is InChI=1S/C16H22BrN3O2/c1-11-7-12(2)9-20(8-11)10-15(21)18-19-16(22)13-5-3-4-6-14(13)17/h3-6,11-12H,7-10H2,1-2H3,(H,18,21)(H,19,22)/t11-,12-/m0/s1. The van der Waals surface area contributed by atoms with Crippen molar-refractivity contribution in [3.05, 3.63) is 34.3 Å². The fraction of sp³-hybridized carbons (Fsp3) is 0.500. The van der Waals surface area contributed by atoms with E-state index >= 15 is 0 Å². The average molecular weight is 368 g/mol. The number of carbonyl (C=O) groups excluding carboxylic acids is 2. The van der Waals surface area contributed by atoms with Crippen LogP contribution in [-0.2, 0) is 4.79 Å². The molecule has 0 saturated carbocycles. The number of rotatable bonds is 3. The Balaban J connectivity index is 1.80. The van der Waals surface area contributed by atoms with Crippen LogP contribution in [-0.4, -0.2) is 36.3 Å². The lowest BCUT2D eigenvalue weighted by atomic mass is 9.92. The minimum Gasteiger partial charge on any atom is -0.294 e. The quantitative estimate of drug-likeness (QED) is 0.804. The van der Waals surface area contributed by atoms with E-state index in [-0.39, 0.29) is 11.8 Å². The third-order valence-corrected chi connectivity index (χ3v) is 4.44. The van der Waals surface area contributed by atoms with E-state index in [1.54, 1.807) is 18.2 Å². The number of carbonyl (C=O) groups is 2. The maximum atomic E-state index is 12.0. The van der Waals surface area contributed by atoms with Crippen LogP contribution >= 0.6 is 15.9 Å². The Morgan fingerprint density at radius 2 is 1.82 bits per heavy atom. The highest BCUT2D eigenvalue weighted by atomic mass is 79.9. The van der Waals surface area contributed by atoms with E-state index in [0.717, 1.165) is 13.1 Å². The number of halogens is 1. The van der Waals surface area contributed by atoms with Crippen molar-refractivity contribution < 1.29 is 9.59 Å². The van der Waals surface area contributed by atoms with Gasteiger partial charge in [-0.15, -0.1) is 0 Å². The lowest BCUT2D eigenvalue weighted by Gasteiger charge is -2.34. The van der Waals surface area contributed by atoms with Crippen molar-refractivity contribution in [2.75, 3.05) is 19.6 Å². The molecule has 2 amide bonds. The first-order valence-corrected chi connectivity index (χ1v) is 8.31. The van der Waals surface area contributed by atoms with Gasteiger partial charge in [0.2, 0.25) is 0 Å². The lowest BCUT2D eigenvalue weighted by Crippen LogP contribution is -2.49. The van der Waals surface area contributed by atoms with Gasteiger partial charge in [-0.25, -0.2) is 0 Å². The molecule has 0 unspecified atom stereocenters. The topological polar surface area (TPSA) is 61.4 Å². The van der Waals surface area contributed by atoms with E-state index < -0.39 is 0 Å². The van der Waals surface area contributed by atoms with E-state index in [2.05, 4.69) is 45.5 Å². The van der Waals surface area contributed by atoms with E-state index in [1.807, 2.05) is 6.07 Å². The number of nitrogens with one attached hydrogen (secondary N) is 2. The minimum atomic E-state index is -0.332. The maximum absolute atomic E-state index is 12.0. The first kappa shape index (κ1) is 17.0. The van der Waals surface area contributed by atoms with Crippen LogP contribution in [0.25, 0.3) is 0 Å². The van der Waals surface area contributed by atoms with Crippen LogP contribution in [0.5, 0.6) is 0 Å².